The Morgan fingerprint density at radius 1 is 1.12 bits per heavy atom. The lowest BCUT2D eigenvalue weighted by Gasteiger charge is -2.34. The first-order chi connectivity index (χ1) is 11.6. The molecule has 0 aliphatic carbocycles. The summed E-state index contributed by atoms with van der Waals surface area (Å²) in [6, 6.07) is 6.66. The number of hydrogen-bond acceptors (Lipinski definition) is 5. The van der Waals surface area contributed by atoms with Crippen LogP contribution in [0.1, 0.15) is 27.2 Å². The molecule has 25 heavy (non-hydrogen) atoms. The zero-order valence-corrected chi connectivity index (χ0v) is 17.3. The molecule has 1 fully saturated rings. The number of piperazine rings is 1. The van der Waals surface area contributed by atoms with Gasteiger partial charge in [-0.05, 0) is 45.0 Å². The number of esters is 1. The first-order valence-corrected chi connectivity index (χ1v) is 10.5. The van der Waals surface area contributed by atoms with Crippen LogP contribution in [0.25, 0.3) is 0 Å². The molecular formula is C17H25BrN2O4S. The molecule has 6 nitrogen and oxygen atoms in total. The normalized spacial score (nSPS) is 17.4. The molecular weight excluding hydrogens is 408 g/mol. The van der Waals surface area contributed by atoms with E-state index in [9.17, 15) is 13.2 Å². The Hall–Kier alpha value is -0.960. The van der Waals surface area contributed by atoms with Gasteiger partial charge >= 0.3 is 5.97 Å². The summed E-state index contributed by atoms with van der Waals surface area (Å²) >= 11 is 3.31. The van der Waals surface area contributed by atoms with Gasteiger partial charge in [0.05, 0.1) is 11.3 Å². The topological polar surface area (TPSA) is 66.9 Å². The molecule has 0 spiro atoms. The second kappa shape index (κ2) is 8.16. The number of carbonyl (C=O) groups excluding carboxylic acids is 1. The summed E-state index contributed by atoms with van der Waals surface area (Å²) in [5, 5.41) is 0. The zero-order chi connectivity index (χ0) is 18.7. The number of halogens is 1. The van der Waals surface area contributed by atoms with Gasteiger partial charge in [0.2, 0.25) is 10.0 Å². The van der Waals surface area contributed by atoms with Gasteiger partial charge in [-0.15, -0.1) is 0 Å². The fraction of sp³-hybridized carbons (Fsp3) is 0.588. The van der Waals surface area contributed by atoms with Crippen molar-refractivity contribution in [2.24, 2.45) is 0 Å². The van der Waals surface area contributed by atoms with Crippen LogP contribution in [0.4, 0.5) is 0 Å². The van der Waals surface area contributed by atoms with Gasteiger partial charge in [-0.1, -0.05) is 15.9 Å². The fourth-order valence-electron chi connectivity index (χ4n) is 2.59. The van der Waals surface area contributed by atoms with Gasteiger partial charge in [0.25, 0.3) is 0 Å². The van der Waals surface area contributed by atoms with Crippen LogP contribution in [0.3, 0.4) is 0 Å². The maximum absolute atomic E-state index is 12.6. The quantitative estimate of drug-likeness (QED) is 0.668. The van der Waals surface area contributed by atoms with Crippen LogP contribution in [0.5, 0.6) is 0 Å². The number of ether oxygens (including phenoxy) is 1. The largest absolute Gasteiger partial charge is 0.460 e. The highest BCUT2D eigenvalue weighted by Gasteiger charge is 2.28. The summed E-state index contributed by atoms with van der Waals surface area (Å²) in [4.78, 5) is 14.2. The highest BCUT2D eigenvalue weighted by atomic mass is 79.9. The van der Waals surface area contributed by atoms with E-state index in [1.54, 1.807) is 24.3 Å². The Bertz CT molecular complexity index is 690. The van der Waals surface area contributed by atoms with Crippen molar-refractivity contribution in [1.29, 1.82) is 0 Å². The van der Waals surface area contributed by atoms with Gasteiger partial charge in [0, 0.05) is 37.2 Å². The minimum atomic E-state index is -3.46. The van der Waals surface area contributed by atoms with Gasteiger partial charge in [0.1, 0.15) is 5.60 Å². The number of rotatable bonds is 5. The molecule has 1 heterocycles. The van der Waals surface area contributed by atoms with Crippen molar-refractivity contribution in [2.75, 3.05) is 32.7 Å². The molecule has 0 atom stereocenters. The summed E-state index contributed by atoms with van der Waals surface area (Å²) < 4.78 is 32.9. The van der Waals surface area contributed by atoms with E-state index >= 15 is 0 Å². The van der Waals surface area contributed by atoms with Crippen molar-refractivity contribution in [3.63, 3.8) is 0 Å². The summed E-state index contributed by atoms with van der Waals surface area (Å²) in [6.45, 7) is 8.18. The van der Waals surface area contributed by atoms with E-state index in [4.69, 9.17) is 4.74 Å². The summed E-state index contributed by atoms with van der Waals surface area (Å²) in [6.07, 6.45) is 0.316. The lowest BCUT2D eigenvalue weighted by Crippen LogP contribution is -2.49. The number of carbonyl (C=O) groups is 1. The lowest BCUT2D eigenvalue weighted by molar-refractivity contribution is -0.155. The van der Waals surface area contributed by atoms with Gasteiger partial charge in [0.15, 0.2) is 0 Å². The molecule has 1 saturated heterocycles. The van der Waals surface area contributed by atoms with Crippen molar-refractivity contribution >= 4 is 31.9 Å². The first kappa shape index (κ1) is 20.4. The predicted octanol–water partition coefficient (Wildman–Crippen LogP) is 2.49. The molecule has 0 aromatic heterocycles. The molecule has 1 aliphatic rings. The highest BCUT2D eigenvalue weighted by molar-refractivity contribution is 9.10. The number of sulfonamides is 1. The smallest absolute Gasteiger partial charge is 0.307 e. The molecule has 0 amide bonds. The molecule has 140 valence electrons. The lowest BCUT2D eigenvalue weighted by atomic mass is 10.2. The van der Waals surface area contributed by atoms with E-state index in [0.29, 0.717) is 44.0 Å². The third-order valence-corrected chi connectivity index (χ3v) is 6.28. The van der Waals surface area contributed by atoms with Crippen LogP contribution in [-0.4, -0.2) is 61.9 Å². The Morgan fingerprint density at radius 2 is 1.68 bits per heavy atom. The second-order valence-electron chi connectivity index (χ2n) is 7.04. The molecule has 2 rings (SSSR count). The van der Waals surface area contributed by atoms with Gasteiger partial charge in [-0.2, -0.15) is 4.31 Å². The van der Waals surface area contributed by atoms with E-state index in [1.165, 1.54) is 4.31 Å². The molecule has 1 aromatic rings. The standard InChI is InChI=1S/C17H25BrN2O4S/c1-17(2,3)24-16(21)8-9-19-10-12-20(13-11-19)25(22,23)15-6-4-14(18)5-7-15/h4-7H,8-13H2,1-3H3. The molecule has 1 aromatic carbocycles. The molecule has 1 aliphatic heterocycles. The molecule has 0 bridgehead atoms. The number of nitrogens with zero attached hydrogens (tertiary/aromatic N) is 2. The Morgan fingerprint density at radius 3 is 2.20 bits per heavy atom. The van der Waals surface area contributed by atoms with Crippen LogP contribution in [0.15, 0.2) is 33.6 Å². The van der Waals surface area contributed by atoms with Crippen LogP contribution < -0.4 is 0 Å². The summed E-state index contributed by atoms with van der Waals surface area (Å²) in [7, 11) is -3.46. The van der Waals surface area contributed by atoms with E-state index in [-0.39, 0.29) is 5.97 Å². The zero-order valence-electron chi connectivity index (χ0n) is 14.9. The second-order valence-corrected chi connectivity index (χ2v) is 9.89. The van der Waals surface area contributed by atoms with Crippen LogP contribution in [0.2, 0.25) is 0 Å². The van der Waals surface area contributed by atoms with Crippen molar-refractivity contribution in [3.05, 3.63) is 28.7 Å². The maximum Gasteiger partial charge on any atom is 0.307 e. The third-order valence-electron chi connectivity index (χ3n) is 3.83. The van der Waals surface area contributed by atoms with Crippen LogP contribution in [0, 0.1) is 0 Å². The molecule has 0 N–H and O–H groups in total. The summed E-state index contributed by atoms with van der Waals surface area (Å²) in [5.74, 6) is -0.225. The molecule has 0 unspecified atom stereocenters. The minimum absolute atomic E-state index is 0.225. The van der Waals surface area contributed by atoms with E-state index in [2.05, 4.69) is 20.8 Å². The van der Waals surface area contributed by atoms with E-state index < -0.39 is 15.6 Å². The Kier molecular flexibility index (Phi) is 6.64. The van der Waals surface area contributed by atoms with Gasteiger partial charge in [-0.3, -0.25) is 4.79 Å². The number of benzene rings is 1. The average molecular weight is 433 g/mol. The highest BCUT2D eigenvalue weighted by Crippen LogP contribution is 2.20. The fourth-order valence-corrected chi connectivity index (χ4v) is 4.28. The minimum Gasteiger partial charge on any atom is -0.460 e. The Balaban J connectivity index is 1.85. The van der Waals surface area contributed by atoms with E-state index in [1.807, 2.05) is 20.8 Å². The monoisotopic (exact) mass is 432 g/mol. The van der Waals surface area contributed by atoms with Gasteiger partial charge < -0.3 is 9.64 Å². The van der Waals surface area contributed by atoms with Crippen molar-refractivity contribution in [1.82, 2.24) is 9.21 Å². The van der Waals surface area contributed by atoms with Crippen LogP contribution >= 0.6 is 15.9 Å². The van der Waals surface area contributed by atoms with Crippen molar-refractivity contribution in [3.8, 4) is 0 Å². The molecule has 8 heteroatoms. The summed E-state index contributed by atoms with van der Waals surface area (Å²) in [5.41, 5.74) is -0.478. The van der Waals surface area contributed by atoms with Crippen molar-refractivity contribution < 1.29 is 17.9 Å². The molecule has 0 radical (unpaired) electrons. The number of hydrogen-bond donors (Lipinski definition) is 0. The Labute approximate surface area is 158 Å². The van der Waals surface area contributed by atoms with E-state index in [0.717, 1.165) is 4.47 Å². The van der Waals surface area contributed by atoms with Crippen molar-refractivity contribution in [2.45, 2.75) is 37.7 Å². The van der Waals surface area contributed by atoms with Crippen LogP contribution in [-0.2, 0) is 19.6 Å². The average Bonchev–Trinajstić information content (AvgIpc) is 2.52. The maximum atomic E-state index is 12.6. The predicted molar refractivity (Wildman–Crippen MR) is 99.8 cm³/mol. The molecule has 0 saturated carbocycles. The third kappa shape index (κ3) is 6.06. The SMILES string of the molecule is CC(C)(C)OC(=O)CCN1CCN(S(=O)(=O)c2ccc(Br)cc2)CC1. The first-order valence-electron chi connectivity index (χ1n) is 8.28. The van der Waals surface area contributed by atoms with Gasteiger partial charge in [-0.25, -0.2) is 8.42 Å².